The maximum atomic E-state index is 12.7. The molecule has 0 aromatic carbocycles. The average Bonchev–Trinajstić information content (AvgIpc) is 2.38. The van der Waals surface area contributed by atoms with E-state index >= 15 is 0 Å². The Kier molecular flexibility index (Phi) is 4.74. The highest BCUT2D eigenvalue weighted by molar-refractivity contribution is 4.88. The zero-order chi connectivity index (χ0) is 14.0. The van der Waals surface area contributed by atoms with Crippen molar-refractivity contribution in [2.24, 2.45) is 0 Å². The second kappa shape index (κ2) is 5.97. The first-order chi connectivity index (χ1) is 8.89. The highest BCUT2D eigenvalue weighted by Crippen LogP contribution is 2.27. The Balaban J connectivity index is 1.85. The van der Waals surface area contributed by atoms with Crippen molar-refractivity contribution < 1.29 is 18.3 Å². The lowest BCUT2D eigenvalue weighted by Gasteiger charge is -2.44. The van der Waals surface area contributed by atoms with Gasteiger partial charge in [-0.2, -0.15) is 13.2 Å². The van der Waals surface area contributed by atoms with Gasteiger partial charge in [-0.25, -0.2) is 0 Å². The zero-order valence-corrected chi connectivity index (χ0v) is 11.4. The molecule has 0 bridgehead atoms. The maximum Gasteiger partial charge on any atom is 0.403 e. The van der Waals surface area contributed by atoms with Gasteiger partial charge in [-0.15, -0.1) is 0 Å². The smallest absolute Gasteiger partial charge is 0.391 e. The molecule has 2 aliphatic rings. The minimum absolute atomic E-state index is 0.150. The van der Waals surface area contributed by atoms with Crippen LogP contribution >= 0.6 is 0 Å². The van der Waals surface area contributed by atoms with Crippen molar-refractivity contribution in [3.63, 3.8) is 0 Å². The van der Waals surface area contributed by atoms with Gasteiger partial charge in [-0.05, 0) is 19.8 Å². The second-order valence-corrected chi connectivity index (χ2v) is 5.71. The van der Waals surface area contributed by atoms with E-state index in [0.29, 0.717) is 26.2 Å². The van der Waals surface area contributed by atoms with Gasteiger partial charge in [0.15, 0.2) is 0 Å². The summed E-state index contributed by atoms with van der Waals surface area (Å²) in [6.45, 7) is 3.35. The first kappa shape index (κ1) is 15.1. The summed E-state index contributed by atoms with van der Waals surface area (Å²) in [6.07, 6.45) is -0.490. The second-order valence-electron chi connectivity index (χ2n) is 5.71. The molecule has 6 heteroatoms. The van der Waals surface area contributed by atoms with Crippen molar-refractivity contribution in [1.29, 1.82) is 0 Å². The summed E-state index contributed by atoms with van der Waals surface area (Å²) in [5, 5.41) is 9.99. The highest BCUT2D eigenvalue weighted by atomic mass is 19.4. The maximum absolute atomic E-state index is 12.7. The first-order valence-corrected chi connectivity index (χ1v) is 7.12. The quantitative estimate of drug-likeness (QED) is 0.836. The predicted molar refractivity (Wildman–Crippen MR) is 66.9 cm³/mol. The van der Waals surface area contributed by atoms with Gasteiger partial charge in [0.25, 0.3) is 0 Å². The molecule has 112 valence electrons. The number of alkyl halides is 3. The van der Waals surface area contributed by atoms with Crippen molar-refractivity contribution in [2.45, 2.75) is 57.0 Å². The standard InChI is InChI=1S/C13H23F3N2O/c1-10(13(14,15)16)17-6-8-18(9-7-17)11-4-2-3-5-12(11)19/h10-12,19H,2-9H2,1H3/t10-,11-,12+/m0/s1. The summed E-state index contributed by atoms with van der Waals surface area (Å²) in [7, 11) is 0. The topological polar surface area (TPSA) is 26.7 Å². The summed E-state index contributed by atoms with van der Waals surface area (Å²) in [5.41, 5.74) is 0. The molecule has 1 heterocycles. The van der Waals surface area contributed by atoms with E-state index in [9.17, 15) is 18.3 Å². The van der Waals surface area contributed by atoms with Gasteiger partial charge in [0.2, 0.25) is 0 Å². The summed E-state index contributed by atoms with van der Waals surface area (Å²) in [6, 6.07) is -1.22. The number of nitrogens with zero attached hydrogens (tertiary/aromatic N) is 2. The van der Waals surface area contributed by atoms with Gasteiger partial charge in [0.05, 0.1) is 6.10 Å². The third kappa shape index (κ3) is 3.61. The van der Waals surface area contributed by atoms with Crippen molar-refractivity contribution in [3.8, 4) is 0 Å². The number of hydrogen-bond acceptors (Lipinski definition) is 3. The van der Waals surface area contributed by atoms with E-state index in [4.69, 9.17) is 0 Å². The van der Waals surface area contributed by atoms with Gasteiger partial charge >= 0.3 is 6.18 Å². The van der Waals surface area contributed by atoms with Crippen LogP contribution in [-0.2, 0) is 0 Å². The van der Waals surface area contributed by atoms with Crippen LogP contribution in [0.5, 0.6) is 0 Å². The average molecular weight is 280 g/mol. The van der Waals surface area contributed by atoms with Gasteiger partial charge in [-0.3, -0.25) is 9.80 Å². The van der Waals surface area contributed by atoms with E-state index in [1.165, 1.54) is 11.8 Å². The zero-order valence-electron chi connectivity index (χ0n) is 11.4. The van der Waals surface area contributed by atoms with E-state index in [0.717, 1.165) is 25.7 Å². The van der Waals surface area contributed by atoms with Crippen LogP contribution in [0.4, 0.5) is 13.2 Å². The summed E-state index contributed by atoms with van der Waals surface area (Å²) < 4.78 is 38.0. The minimum atomic E-state index is -4.15. The van der Waals surface area contributed by atoms with Gasteiger partial charge < -0.3 is 5.11 Å². The van der Waals surface area contributed by atoms with Crippen LogP contribution in [0.2, 0.25) is 0 Å². The molecule has 0 radical (unpaired) electrons. The van der Waals surface area contributed by atoms with Crippen LogP contribution in [0, 0.1) is 0 Å². The van der Waals surface area contributed by atoms with E-state index in [1.807, 2.05) is 0 Å². The molecular formula is C13H23F3N2O. The Labute approximate surface area is 112 Å². The Morgan fingerprint density at radius 2 is 1.63 bits per heavy atom. The molecule has 0 amide bonds. The number of halogens is 3. The lowest BCUT2D eigenvalue weighted by atomic mass is 9.91. The van der Waals surface area contributed by atoms with Crippen LogP contribution in [-0.4, -0.2) is 65.4 Å². The molecule has 0 aromatic rings. The first-order valence-electron chi connectivity index (χ1n) is 7.12. The lowest BCUT2D eigenvalue weighted by molar-refractivity contribution is -0.184. The predicted octanol–water partition coefficient (Wildman–Crippen LogP) is 1.86. The number of aliphatic hydroxyl groups is 1. The molecule has 2 fully saturated rings. The van der Waals surface area contributed by atoms with E-state index in [1.54, 1.807) is 0 Å². The third-order valence-electron chi connectivity index (χ3n) is 4.53. The fourth-order valence-electron chi connectivity index (χ4n) is 3.18. The van der Waals surface area contributed by atoms with Crippen molar-refractivity contribution in [1.82, 2.24) is 9.80 Å². The van der Waals surface area contributed by atoms with Crippen molar-refractivity contribution in [2.75, 3.05) is 26.2 Å². The van der Waals surface area contributed by atoms with Gasteiger partial charge in [0, 0.05) is 32.2 Å². The van der Waals surface area contributed by atoms with Crippen LogP contribution in [0.1, 0.15) is 32.6 Å². The fraction of sp³-hybridized carbons (Fsp3) is 1.00. The molecule has 0 aromatic heterocycles. The number of aliphatic hydroxyl groups excluding tert-OH is 1. The van der Waals surface area contributed by atoms with Crippen molar-refractivity contribution in [3.05, 3.63) is 0 Å². The Morgan fingerprint density at radius 1 is 1.05 bits per heavy atom. The summed E-state index contributed by atoms with van der Waals surface area (Å²) >= 11 is 0. The Hall–Kier alpha value is -0.330. The third-order valence-corrected chi connectivity index (χ3v) is 4.53. The number of piperazine rings is 1. The largest absolute Gasteiger partial charge is 0.403 e. The highest BCUT2D eigenvalue weighted by Gasteiger charge is 2.41. The molecule has 3 atom stereocenters. The molecule has 1 saturated heterocycles. The molecule has 19 heavy (non-hydrogen) atoms. The summed E-state index contributed by atoms with van der Waals surface area (Å²) in [5.74, 6) is 0. The molecule has 2 rings (SSSR count). The molecule has 1 aliphatic carbocycles. The van der Waals surface area contributed by atoms with Gasteiger partial charge in [-0.1, -0.05) is 12.8 Å². The van der Waals surface area contributed by atoms with Gasteiger partial charge in [0.1, 0.15) is 6.04 Å². The molecular weight excluding hydrogens is 257 g/mol. The molecule has 0 spiro atoms. The fourth-order valence-corrected chi connectivity index (χ4v) is 3.18. The molecule has 3 nitrogen and oxygen atoms in total. The Morgan fingerprint density at radius 3 is 2.16 bits per heavy atom. The lowest BCUT2D eigenvalue weighted by Crippen LogP contribution is -2.58. The monoisotopic (exact) mass is 280 g/mol. The van der Waals surface area contributed by atoms with Crippen LogP contribution in [0.15, 0.2) is 0 Å². The Bertz CT molecular complexity index is 290. The van der Waals surface area contributed by atoms with E-state index in [2.05, 4.69) is 4.90 Å². The van der Waals surface area contributed by atoms with E-state index in [-0.39, 0.29) is 12.1 Å². The number of hydrogen-bond donors (Lipinski definition) is 1. The van der Waals surface area contributed by atoms with E-state index < -0.39 is 12.2 Å². The molecule has 1 saturated carbocycles. The minimum Gasteiger partial charge on any atom is -0.391 e. The SMILES string of the molecule is C[C@H](N1CCN([C@H]2CCCC[C@H]2O)CC1)C(F)(F)F. The van der Waals surface area contributed by atoms with Crippen molar-refractivity contribution >= 4 is 0 Å². The van der Waals surface area contributed by atoms with Crippen LogP contribution in [0.25, 0.3) is 0 Å². The van der Waals surface area contributed by atoms with Crippen LogP contribution in [0.3, 0.4) is 0 Å². The molecule has 0 unspecified atom stereocenters. The normalized spacial score (nSPS) is 33.3. The molecule has 1 N–H and O–H groups in total. The number of rotatable bonds is 2. The summed E-state index contributed by atoms with van der Waals surface area (Å²) in [4.78, 5) is 3.66. The van der Waals surface area contributed by atoms with Crippen LogP contribution < -0.4 is 0 Å². The molecule has 1 aliphatic heterocycles.